The standard InChI is InChI=1S/C19H14ClF2IN2.C2H6/c1-12-17(23)9-15(13-5-3-2-4-6-13)19(25(12)11-18(21)22)14-7-8-24-10-16(14)20;1-2/h2-10,18H,1,11H2;1-2H3. The molecule has 2 heterocycles. The zero-order valence-corrected chi connectivity index (χ0v) is 18.0. The Morgan fingerprint density at radius 3 is 2.44 bits per heavy atom. The summed E-state index contributed by atoms with van der Waals surface area (Å²) in [6.45, 7) is 7.53. The van der Waals surface area contributed by atoms with E-state index in [-0.39, 0.29) is 0 Å². The van der Waals surface area contributed by atoms with E-state index in [4.69, 9.17) is 11.6 Å². The van der Waals surface area contributed by atoms with Crippen molar-refractivity contribution in [1.29, 1.82) is 0 Å². The molecule has 0 N–H and O–H groups in total. The van der Waals surface area contributed by atoms with Crippen LogP contribution in [0.5, 0.6) is 0 Å². The SMILES string of the molecule is C=C1C(I)=CC(c2ccccc2)=C(c2ccncc2Cl)N1CC(F)F.CC. The molecule has 0 bridgehead atoms. The molecule has 0 saturated carbocycles. The number of nitrogens with zero attached hydrogens (tertiary/aromatic N) is 2. The van der Waals surface area contributed by atoms with Gasteiger partial charge in [-0.15, -0.1) is 0 Å². The first-order valence-electron chi connectivity index (χ1n) is 8.50. The first kappa shape index (κ1) is 21.6. The minimum atomic E-state index is -2.51. The number of rotatable bonds is 4. The summed E-state index contributed by atoms with van der Waals surface area (Å²) >= 11 is 8.45. The lowest BCUT2D eigenvalue weighted by Crippen LogP contribution is -2.29. The molecule has 0 radical (unpaired) electrons. The summed E-state index contributed by atoms with van der Waals surface area (Å²) in [6, 6.07) is 11.4. The molecule has 0 amide bonds. The molecule has 6 heteroatoms. The summed E-state index contributed by atoms with van der Waals surface area (Å²) in [5, 5.41) is 0.406. The third-order valence-corrected chi connectivity index (χ3v) is 5.07. The smallest absolute Gasteiger partial charge is 0.256 e. The van der Waals surface area contributed by atoms with Crippen LogP contribution in [0.3, 0.4) is 0 Å². The maximum Gasteiger partial charge on any atom is 0.256 e. The molecule has 2 aromatic rings. The van der Waals surface area contributed by atoms with Gasteiger partial charge in [0.2, 0.25) is 0 Å². The van der Waals surface area contributed by atoms with Gasteiger partial charge in [-0.25, -0.2) is 8.78 Å². The summed E-state index contributed by atoms with van der Waals surface area (Å²) in [4.78, 5) is 5.53. The van der Waals surface area contributed by atoms with Gasteiger partial charge < -0.3 is 4.90 Å². The zero-order chi connectivity index (χ0) is 20.0. The van der Waals surface area contributed by atoms with Gasteiger partial charge in [-0.05, 0) is 40.3 Å². The third-order valence-electron chi connectivity index (χ3n) is 3.83. The molecule has 1 aliphatic rings. The number of halogens is 4. The zero-order valence-electron chi connectivity index (χ0n) is 15.1. The van der Waals surface area contributed by atoms with E-state index in [1.165, 1.54) is 11.1 Å². The number of benzene rings is 1. The van der Waals surface area contributed by atoms with Crippen LogP contribution in [-0.4, -0.2) is 22.9 Å². The number of alkyl halides is 2. The van der Waals surface area contributed by atoms with Crippen LogP contribution in [0.2, 0.25) is 5.02 Å². The third kappa shape index (κ3) is 4.96. The van der Waals surface area contributed by atoms with E-state index >= 15 is 0 Å². The van der Waals surface area contributed by atoms with Crippen molar-refractivity contribution in [3.8, 4) is 0 Å². The molecule has 1 aliphatic heterocycles. The van der Waals surface area contributed by atoms with E-state index < -0.39 is 13.0 Å². The fraction of sp³-hybridized carbons (Fsp3) is 0.190. The summed E-state index contributed by atoms with van der Waals surface area (Å²) in [6.07, 6.45) is 2.56. The van der Waals surface area contributed by atoms with Crippen molar-refractivity contribution >= 4 is 45.5 Å². The fourth-order valence-corrected chi connectivity index (χ4v) is 3.53. The summed E-state index contributed by atoms with van der Waals surface area (Å²) in [5.41, 5.74) is 3.54. The van der Waals surface area contributed by atoms with Gasteiger partial charge >= 0.3 is 0 Å². The van der Waals surface area contributed by atoms with Crippen molar-refractivity contribution in [1.82, 2.24) is 9.88 Å². The number of allylic oxidation sites excluding steroid dienone is 3. The van der Waals surface area contributed by atoms with E-state index in [2.05, 4.69) is 34.2 Å². The van der Waals surface area contributed by atoms with Crippen molar-refractivity contribution in [3.05, 3.63) is 86.9 Å². The largest absolute Gasteiger partial charge is 0.334 e. The molecule has 0 atom stereocenters. The predicted octanol–water partition coefficient (Wildman–Crippen LogP) is 7.04. The maximum absolute atomic E-state index is 13.3. The molecule has 0 spiro atoms. The summed E-state index contributed by atoms with van der Waals surface area (Å²) in [7, 11) is 0. The molecule has 0 unspecified atom stereocenters. The van der Waals surface area contributed by atoms with Crippen molar-refractivity contribution in [2.75, 3.05) is 6.54 Å². The Labute approximate surface area is 177 Å². The monoisotopic (exact) mass is 500 g/mol. The van der Waals surface area contributed by atoms with Crippen LogP contribution >= 0.6 is 34.2 Å². The van der Waals surface area contributed by atoms with Gasteiger partial charge in [-0.1, -0.05) is 62.4 Å². The highest BCUT2D eigenvalue weighted by Crippen LogP contribution is 2.42. The van der Waals surface area contributed by atoms with E-state index in [9.17, 15) is 8.78 Å². The summed E-state index contributed by atoms with van der Waals surface area (Å²) < 4.78 is 27.3. The molecule has 3 rings (SSSR count). The van der Waals surface area contributed by atoms with Gasteiger partial charge in [-0.2, -0.15) is 0 Å². The van der Waals surface area contributed by atoms with Crippen molar-refractivity contribution in [3.63, 3.8) is 0 Å². The maximum atomic E-state index is 13.3. The highest BCUT2D eigenvalue weighted by Gasteiger charge is 2.28. The van der Waals surface area contributed by atoms with Crippen LogP contribution in [0.15, 0.2) is 70.7 Å². The lowest BCUT2D eigenvalue weighted by molar-refractivity contribution is 0.123. The highest BCUT2D eigenvalue weighted by atomic mass is 127. The van der Waals surface area contributed by atoms with Crippen molar-refractivity contribution in [2.45, 2.75) is 20.3 Å². The average molecular weight is 501 g/mol. The molecule has 0 aliphatic carbocycles. The molecule has 0 saturated heterocycles. The van der Waals surface area contributed by atoms with Gasteiger partial charge in [0, 0.05) is 32.8 Å². The van der Waals surface area contributed by atoms with Gasteiger partial charge in [0.15, 0.2) is 0 Å². The quantitative estimate of drug-likeness (QED) is 0.419. The molecular formula is C21H20ClF2IN2. The predicted molar refractivity (Wildman–Crippen MR) is 118 cm³/mol. The molecule has 27 heavy (non-hydrogen) atoms. The van der Waals surface area contributed by atoms with Crippen molar-refractivity contribution < 1.29 is 8.78 Å². The van der Waals surface area contributed by atoms with Crippen LogP contribution in [-0.2, 0) is 0 Å². The number of aromatic nitrogens is 1. The van der Waals surface area contributed by atoms with Gasteiger partial charge in [0.1, 0.15) is 0 Å². The first-order chi connectivity index (χ1) is 13.0. The minimum absolute atomic E-state index is 0.406. The number of pyridine rings is 1. The topological polar surface area (TPSA) is 16.1 Å². The molecule has 142 valence electrons. The fourth-order valence-electron chi connectivity index (χ4n) is 2.72. The van der Waals surface area contributed by atoms with E-state index in [1.54, 1.807) is 12.3 Å². The second-order valence-corrected chi connectivity index (χ2v) is 6.99. The Balaban J connectivity index is 0.00000126. The highest BCUT2D eigenvalue weighted by molar-refractivity contribution is 14.1. The minimum Gasteiger partial charge on any atom is -0.334 e. The van der Waals surface area contributed by atoms with Crippen LogP contribution < -0.4 is 0 Å². The number of hydrogen-bond donors (Lipinski definition) is 0. The van der Waals surface area contributed by atoms with Crippen LogP contribution in [0, 0.1) is 0 Å². The molecule has 1 aromatic carbocycles. The average Bonchev–Trinajstić information content (AvgIpc) is 2.68. The molecular weight excluding hydrogens is 481 g/mol. The number of hydrogen-bond acceptors (Lipinski definition) is 2. The Morgan fingerprint density at radius 1 is 1.19 bits per heavy atom. The molecule has 0 fully saturated rings. The Hall–Kier alpha value is -1.73. The molecule has 2 nitrogen and oxygen atoms in total. The lowest BCUT2D eigenvalue weighted by Gasteiger charge is -2.34. The second-order valence-electron chi connectivity index (χ2n) is 5.42. The first-order valence-corrected chi connectivity index (χ1v) is 9.96. The Kier molecular flexibility index (Phi) is 7.98. The van der Waals surface area contributed by atoms with Crippen molar-refractivity contribution in [2.24, 2.45) is 0 Å². The normalized spacial score (nSPS) is 14.1. The van der Waals surface area contributed by atoms with E-state index in [1.807, 2.05) is 50.3 Å². The Morgan fingerprint density at radius 2 is 1.85 bits per heavy atom. The second kappa shape index (κ2) is 9.99. The van der Waals surface area contributed by atoms with Crippen LogP contribution in [0.1, 0.15) is 25.0 Å². The lowest BCUT2D eigenvalue weighted by atomic mass is 9.95. The van der Waals surface area contributed by atoms with Gasteiger partial charge in [0.05, 0.1) is 17.3 Å². The van der Waals surface area contributed by atoms with Gasteiger partial charge in [-0.3, -0.25) is 4.98 Å². The van der Waals surface area contributed by atoms with E-state index in [0.717, 1.165) is 14.7 Å². The summed E-state index contributed by atoms with van der Waals surface area (Å²) in [5.74, 6) is 0. The van der Waals surface area contributed by atoms with Crippen LogP contribution in [0.4, 0.5) is 8.78 Å². The van der Waals surface area contributed by atoms with Gasteiger partial charge in [0.25, 0.3) is 6.43 Å². The van der Waals surface area contributed by atoms with Crippen LogP contribution in [0.25, 0.3) is 11.3 Å². The molecule has 1 aromatic heterocycles. The van der Waals surface area contributed by atoms with E-state index in [0.29, 0.717) is 22.0 Å². The Bertz CT molecular complexity index is 863.